The first-order valence-corrected chi connectivity index (χ1v) is 8.36. The number of nitrogens with one attached hydrogen (secondary N) is 1. The number of aryl methyl sites for hydroxylation is 1. The van der Waals surface area contributed by atoms with Gasteiger partial charge in [-0.05, 0) is 51.5 Å². The Morgan fingerprint density at radius 3 is 2.77 bits per heavy atom. The summed E-state index contributed by atoms with van der Waals surface area (Å²) in [5, 5.41) is 12.0. The molecule has 4 nitrogen and oxygen atoms in total. The summed E-state index contributed by atoms with van der Waals surface area (Å²) in [5.41, 5.74) is 2.47. The van der Waals surface area contributed by atoms with Gasteiger partial charge in [0.1, 0.15) is 0 Å². The highest BCUT2D eigenvalue weighted by atomic mass is 16.3. The van der Waals surface area contributed by atoms with Crippen LogP contribution in [0.1, 0.15) is 56.2 Å². The Balaban J connectivity index is 2.02. The lowest BCUT2D eigenvalue weighted by atomic mass is 9.95. The van der Waals surface area contributed by atoms with E-state index in [0.717, 1.165) is 32.2 Å². The van der Waals surface area contributed by atoms with Gasteiger partial charge in [0.2, 0.25) is 0 Å². The molecule has 2 atom stereocenters. The topological polar surface area (TPSA) is 52.6 Å². The summed E-state index contributed by atoms with van der Waals surface area (Å²) in [6, 6.07) is 8.81. The number of likely N-dealkylation sites (tertiary alicyclic amines) is 1. The SMILES string of the molecule is Cc1ccc(C2CCCCN2C(=O)NC(C)CCCO)cc1. The number of piperidine rings is 1. The Morgan fingerprint density at radius 1 is 1.36 bits per heavy atom. The monoisotopic (exact) mass is 304 g/mol. The number of nitrogens with zero attached hydrogens (tertiary/aromatic N) is 1. The number of aliphatic hydroxyl groups excluding tert-OH is 1. The second-order valence-electron chi connectivity index (χ2n) is 6.33. The summed E-state index contributed by atoms with van der Waals surface area (Å²) in [7, 11) is 0. The van der Waals surface area contributed by atoms with Crippen LogP contribution in [0.15, 0.2) is 24.3 Å². The van der Waals surface area contributed by atoms with Gasteiger partial charge in [-0.2, -0.15) is 0 Å². The Hall–Kier alpha value is -1.55. The standard InChI is InChI=1S/C18H28N2O2/c1-14-8-10-16(11-9-14)17-7-3-4-12-20(17)18(22)19-15(2)6-5-13-21/h8-11,15,17,21H,3-7,12-13H2,1-2H3,(H,19,22). The second-order valence-corrected chi connectivity index (χ2v) is 6.33. The number of amides is 2. The van der Waals surface area contributed by atoms with Crippen LogP contribution in [0, 0.1) is 6.92 Å². The quantitative estimate of drug-likeness (QED) is 0.876. The molecule has 1 aliphatic rings. The first-order chi connectivity index (χ1) is 10.6. The predicted octanol–water partition coefficient (Wildman–Crippen LogP) is 3.39. The molecule has 0 bridgehead atoms. The largest absolute Gasteiger partial charge is 0.396 e. The third-order valence-corrected chi connectivity index (χ3v) is 4.39. The third kappa shape index (κ3) is 4.47. The highest BCUT2D eigenvalue weighted by Crippen LogP contribution is 2.31. The van der Waals surface area contributed by atoms with E-state index < -0.39 is 0 Å². The van der Waals surface area contributed by atoms with E-state index in [9.17, 15) is 4.79 Å². The normalized spacial score (nSPS) is 19.8. The van der Waals surface area contributed by atoms with E-state index >= 15 is 0 Å². The molecule has 2 N–H and O–H groups in total. The summed E-state index contributed by atoms with van der Waals surface area (Å²) < 4.78 is 0. The van der Waals surface area contributed by atoms with Gasteiger partial charge in [-0.15, -0.1) is 0 Å². The summed E-state index contributed by atoms with van der Waals surface area (Å²) in [6.45, 7) is 5.07. The van der Waals surface area contributed by atoms with E-state index in [1.54, 1.807) is 0 Å². The Morgan fingerprint density at radius 2 is 2.09 bits per heavy atom. The van der Waals surface area contributed by atoms with Gasteiger partial charge in [-0.25, -0.2) is 4.79 Å². The number of hydrogen-bond donors (Lipinski definition) is 2. The molecule has 1 aliphatic heterocycles. The van der Waals surface area contributed by atoms with Gasteiger partial charge in [0, 0.05) is 19.2 Å². The van der Waals surface area contributed by atoms with E-state index in [2.05, 4.69) is 36.5 Å². The molecule has 2 rings (SSSR count). The number of carbonyl (C=O) groups is 1. The number of rotatable bonds is 5. The maximum absolute atomic E-state index is 12.6. The van der Waals surface area contributed by atoms with E-state index in [0.29, 0.717) is 0 Å². The Labute approximate surface area is 133 Å². The minimum absolute atomic E-state index is 0.0238. The van der Waals surface area contributed by atoms with Crippen molar-refractivity contribution < 1.29 is 9.90 Å². The van der Waals surface area contributed by atoms with Gasteiger partial charge in [0.05, 0.1) is 6.04 Å². The van der Waals surface area contributed by atoms with Gasteiger partial charge >= 0.3 is 6.03 Å². The van der Waals surface area contributed by atoms with Crippen LogP contribution in [0.3, 0.4) is 0 Å². The summed E-state index contributed by atoms with van der Waals surface area (Å²) >= 11 is 0. The molecule has 0 spiro atoms. The highest BCUT2D eigenvalue weighted by molar-refractivity contribution is 5.75. The summed E-state index contributed by atoms with van der Waals surface area (Å²) in [6.07, 6.45) is 4.80. The molecule has 1 aromatic carbocycles. The lowest BCUT2D eigenvalue weighted by molar-refractivity contribution is 0.148. The molecule has 0 radical (unpaired) electrons. The van der Waals surface area contributed by atoms with Crippen molar-refractivity contribution in [3.8, 4) is 0 Å². The Bertz CT molecular complexity index is 472. The molecular formula is C18H28N2O2. The van der Waals surface area contributed by atoms with Crippen LogP contribution in [0.2, 0.25) is 0 Å². The van der Waals surface area contributed by atoms with Crippen molar-refractivity contribution >= 4 is 6.03 Å². The molecule has 0 saturated carbocycles. The van der Waals surface area contributed by atoms with E-state index in [1.165, 1.54) is 17.5 Å². The smallest absolute Gasteiger partial charge is 0.318 e. The molecule has 4 heteroatoms. The fraction of sp³-hybridized carbons (Fsp3) is 0.611. The number of carbonyl (C=O) groups excluding carboxylic acids is 1. The number of benzene rings is 1. The van der Waals surface area contributed by atoms with Gasteiger partial charge < -0.3 is 15.3 Å². The molecule has 0 aromatic heterocycles. The molecule has 1 aromatic rings. The fourth-order valence-electron chi connectivity index (χ4n) is 3.07. The average Bonchev–Trinajstić information content (AvgIpc) is 2.53. The number of hydrogen-bond acceptors (Lipinski definition) is 2. The molecular weight excluding hydrogens is 276 g/mol. The number of urea groups is 1. The maximum Gasteiger partial charge on any atom is 0.318 e. The molecule has 0 aliphatic carbocycles. The fourth-order valence-corrected chi connectivity index (χ4v) is 3.07. The van der Waals surface area contributed by atoms with Crippen molar-refractivity contribution in [2.75, 3.05) is 13.2 Å². The molecule has 1 heterocycles. The van der Waals surface area contributed by atoms with E-state index in [-0.39, 0.29) is 24.7 Å². The van der Waals surface area contributed by atoms with E-state index in [4.69, 9.17) is 5.11 Å². The van der Waals surface area contributed by atoms with Crippen LogP contribution < -0.4 is 5.32 Å². The van der Waals surface area contributed by atoms with Crippen LogP contribution in [-0.4, -0.2) is 35.2 Å². The lowest BCUT2D eigenvalue weighted by Crippen LogP contribution is -2.47. The zero-order valence-corrected chi connectivity index (χ0v) is 13.7. The van der Waals surface area contributed by atoms with Crippen molar-refractivity contribution in [2.24, 2.45) is 0 Å². The van der Waals surface area contributed by atoms with E-state index in [1.807, 2.05) is 11.8 Å². The minimum Gasteiger partial charge on any atom is -0.396 e. The average molecular weight is 304 g/mol. The van der Waals surface area contributed by atoms with Crippen molar-refractivity contribution in [1.82, 2.24) is 10.2 Å². The van der Waals surface area contributed by atoms with Crippen molar-refractivity contribution in [3.05, 3.63) is 35.4 Å². The molecule has 2 unspecified atom stereocenters. The van der Waals surface area contributed by atoms with Crippen LogP contribution in [-0.2, 0) is 0 Å². The molecule has 1 fully saturated rings. The van der Waals surface area contributed by atoms with Crippen molar-refractivity contribution in [3.63, 3.8) is 0 Å². The molecule has 22 heavy (non-hydrogen) atoms. The zero-order chi connectivity index (χ0) is 15.9. The molecule has 2 amide bonds. The van der Waals surface area contributed by atoms with Crippen LogP contribution in [0.25, 0.3) is 0 Å². The predicted molar refractivity (Wildman–Crippen MR) is 88.8 cm³/mol. The number of aliphatic hydroxyl groups is 1. The van der Waals surface area contributed by atoms with Crippen molar-refractivity contribution in [2.45, 2.75) is 58.0 Å². The third-order valence-electron chi connectivity index (χ3n) is 4.39. The first-order valence-electron chi connectivity index (χ1n) is 8.36. The molecule has 1 saturated heterocycles. The second kappa shape index (κ2) is 8.18. The lowest BCUT2D eigenvalue weighted by Gasteiger charge is -2.37. The summed E-state index contributed by atoms with van der Waals surface area (Å²) in [4.78, 5) is 14.6. The van der Waals surface area contributed by atoms with Crippen LogP contribution in [0.4, 0.5) is 4.79 Å². The maximum atomic E-state index is 12.6. The van der Waals surface area contributed by atoms with Crippen LogP contribution in [0.5, 0.6) is 0 Å². The van der Waals surface area contributed by atoms with Gasteiger partial charge in [0.15, 0.2) is 0 Å². The van der Waals surface area contributed by atoms with Gasteiger partial charge in [-0.1, -0.05) is 29.8 Å². The zero-order valence-electron chi connectivity index (χ0n) is 13.7. The first kappa shape index (κ1) is 16.8. The van der Waals surface area contributed by atoms with Crippen molar-refractivity contribution in [1.29, 1.82) is 0 Å². The molecule has 122 valence electrons. The van der Waals surface area contributed by atoms with Gasteiger partial charge in [-0.3, -0.25) is 0 Å². The highest BCUT2D eigenvalue weighted by Gasteiger charge is 2.28. The summed E-state index contributed by atoms with van der Waals surface area (Å²) in [5.74, 6) is 0. The van der Waals surface area contributed by atoms with Gasteiger partial charge in [0.25, 0.3) is 0 Å². The van der Waals surface area contributed by atoms with Crippen LogP contribution >= 0.6 is 0 Å². The minimum atomic E-state index is 0.0238. The Kier molecular flexibility index (Phi) is 6.25.